The molecule has 3 rings (SSSR count). The molecule has 0 aliphatic carbocycles. The highest BCUT2D eigenvalue weighted by molar-refractivity contribution is 5.28. The van der Waals surface area contributed by atoms with E-state index in [1.165, 1.54) is 37.9 Å². The second kappa shape index (κ2) is 7.77. The van der Waals surface area contributed by atoms with E-state index in [9.17, 15) is 0 Å². The van der Waals surface area contributed by atoms with Crippen molar-refractivity contribution in [3.8, 4) is 5.75 Å². The Kier molecular flexibility index (Phi) is 5.48. The van der Waals surface area contributed by atoms with Crippen LogP contribution in [0.5, 0.6) is 5.75 Å². The van der Waals surface area contributed by atoms with Crippen LogP contribution in [0.1, 0.15) is 37.7 Å². The zero-order valence-corrected chi connectivity index (χ0v) is 14.2. The molecule has 1 unspecified atom stereocenters. The van der Waals surface area contributed by atoms with Crippen molar-refractivity contribution in [2.75, 3.05) is 19.7 Å². The second-order valence-electron chi connectivity index (χ2n) is 6.70. The van der Waals surface area contributed by atoms with E-state index in [1.807, 2.05) is 6.07 Å². The molecule has 2 aliphatic rings. The quantitative estimate of drug-likeness (QED) is 0.753. The van der Waals surface area contributed by atoms with E-state index in [0.29, 0.717) is 18.8 Å². The van der Waals surface area contributed by atoms with Crippen molar-refractivity contribution in [3.05, 3.63) is 41.7 Å². The molecule has 2 aliphatic heterocycles. The third-order valence-electron chi connectivity index (χ3n) is 4.49. The van der Waals surface area contributed by atoms with Crippen molar-refractivity contribution in [2.24, 2.45) is 21.7 Å². The van der Waals surface area contributed by atoms with Gasteiger partial charge < -0.3 is 16.2 Å². The van der Waals surface area contributed by atoms with Crippen LogP contribution in [0.2, 0.25) is 0 Å². The first-order chi connectivity index (χ1) is 11.6. The lowest BCUT2D eigenvalue weighted by molar-refractivity contribution is 0.220. The fraction of sp³-hybridized carbons (Fsp3) is 0.556. The number of azo groups is 1. The minimum atomic E-state index is -0.760. The van der Waals surface area contributed by atoms with Gasteiger partial charge in [0.05, 0.1) is 6.61 Å². The molecule has 0 amide bonds. The number of likely N-dealkylation sites (tertiary alicyclic amines) is 1. The van der Waals surface area contributed by atoms with Crippen molar-refractivity contribution in [1.29, 1.82) is 0 Å². The van der Waals surface area contributed by atoms with Gasteiger partial charge in [-0.1, -0.05) is 18.6 Å². The summed E-state index contributed by atoms with van der Waals surface area (Å²) in [7, 11) is 0. The molecule has 6 nitrogen and oxygen atoms in total. The van der Waals surface area contributed by atoms with Gasteiger partial charge in [-0.05, 0) is 56.5 Å². The topological polar surface area (TPSA) is 89.2 Å². The van der Waals surface area contributed by atoms with Crippen molar-refractivity contribution < 1.29 is 4.74 Å². The summed E-state index contributed by atoms with van der Waals surface area (Å²) in [6.07, 6.45) is 7.16. The maximum Gasteiger partial charge on any atom is 0.152 e. The van der Waals surface area contributed by atoms with E-state index in [1.54, 1.807) is 6.08 Å². The first kappa shape index (κ1) is 16.9. The monoisotopic (exact) mass is 329 g/mol. The molecule has 1 aromatic carbocycles. The summed E-state index contributed by atoms with van der Waals surface area (Å²) in [5.74, 6) is 1.31. The Morgan fingerprint density at radius 3 is 2.79 bits per heavy atom. The molecule has 0 saturated carbocycles. The van der Waals surface area contributed by atoms with E-state index in [2.05, 4.69) is 33.3 Å². The number of piperidine rings is 1. The van der Waals surface area contributed by atoms with Crippen LogP contribution < -0.4 is 16.2 Å². The number of nitrogens with two attached hydrogens (primary N) is 2. The van der Waals surface area contributed by atoms with Crippen LogP contribution in [0.4, 0.5) is 0 Å². The maximum atomic E-state index is 6.08. The highest BCUT2D eigenvalue weighted by Gasteiger charge is 2.25. The Balaban J connectivity index is 1.44. The molecule has 1 aromatic rings. The minimum Gasteiger partial charge on any atom is -0.494 e. The summed E-state index contributed by atoms with van der Waals surface area (Å²) in [6.45, 7) is 4.02. The Morgan fingerprint density at radius 2 is 2.04 bits per heavy atom. The molecular weight excluding hydrogens is 302 g/mol. The molecule has 0 bridgehead atoms. The van der Waals surface area contributed by atoms with Gasteiger partial charge in [0.15, 0.2) is 5.66 Å². The van der Waals surface area contributed by atoms with Crippen LogP contribution in [0.15, 0.2) is 46.4 Å². The van der Waals surface area contributed by atoms with Gasteiger partial charge in [0.2, 0.25) is 0 Å². The maximum absolute atomic E-state index is 6.08. The first-order valence-electron chi connectivity index (χ1n) is 8.77. The van der Waals surface area contributed by atoms with Crippen LogP contribution in [0.3, 0.4) is 0 Å². The smallest absolute Gasteiger partial charge is 0.152 e. The summed E-state index contributed by atoms with van der Waals surface area (Å²) in [5, 5.41) is 7.78. The zero-order chi connectivity index (χ0) is 16.8. The summed E-state index contributed by atoms with van der Waals surface area (Å²) < 4.78 is 5.87. The van der Waals surface area contributed by atoms with E-state index < -0.39 is 5.66 Å². The van der Waals surface area contributed by atoms with Crippen LogP contribution in [-0.2, 0) is 6.54 Å². The summed E-state index contributed by atoms with van der Waals surface area (Å²) >= 11 is 0. The van der Waals surface area contributed by atoms with Gasteiger partial charge in [-0.3, -0.25) is 4.90 Å². The van der Waals surface area contributed by atoms with Crippen molar-refractivity contribution >= 4 is 0 Å². The highest BCUT2D eigenvalue weighted by Crippen LogP contribution is 2.22. The standard InChI is InChI=1S/C18H27N5O/c19-17-13-18(20,22-21-17)8-5-11-24-16-7-4-6-15(12-16)14-23-9-2-1-3-10-23/h4,6-7,12-13H,1-3,5,8-11,14,19-20H2. The molecule has 0 aromatic heterocycles. The molecule has 4 N–H and O–H groups in total. The van der Waals surface area contributed by atoms with Crippen molar-refractivity contribution in [3.63, 3.8) is 0 Å². The second-order valence-corrected chi connectivity index (χ2v) is 6.70. The Hall–Kier alpha value is -1.92. The fourth-order valence-electron chi connectivity index (χ4n) is 3.24. The summed E-state index contributed by atoms with van der Waals surface area (Å²) in [6, 6.07) is 8.38. The Labute approximate surface area is 143 Å². The lowest BCUT2D eigenvalue weighted by atomic mass is 10.1. The SMILES string of the molecule is NC1=CC(N)(CCCOc2cccc(CN3CCCCC3)c2)N=N1. The molecule has 6 heteroatoms. The number of ether oxygens (including phenoxy) is 1. The predicted octanol–water partition coefficient (Wildman–Crippen LogP) is 2.75. The van der Waals surface area contributed by atoms with E-state index >= 15 is 0 Å². The predicted molar refractivity (Wildman–Crippen MR) is 94.3 cm³/mol. The number of benzene rings is 1. The molecule has 2 heterocycles. The normalized spacial score (nSPS) is 24.1. The molecule has 1 saturated heterocycles. The summed E-state index contributed by atoms with van der Waals surface area (Å²) in [5.41, 5.74) is 12.2. The van der Waals surface area contributed by atoms with Crippen molar-refractivity contribution in [1.82, 2.24) is 4.90 Å². The van der Waals surface area contributed by atoms with Gasteiger partial charge in [0, 0.05) is 12.6 Å². The van der Waals surface area contributed by atoms with Crippen LogP contribution in [-0.4, -0.2) is 30.3 Å². The fourth-order valence-corrected chi connectivity index (χ4v) is 3.24. The van der Waals surface area contributed by atoms with Gasteiger partial charge in [0.25, 0.3) is 0 Å². The minimum absolute atomic E-state index is 0.392. The molecule has 0 spiro atoms. The summed E-state index contributed by atoms with van der Waals surface area (Å²) in [4.78, 5) is 2.52. The molecule has 1 atom stereocenters. The van der Waals surface area contributed by atoms with Gasteiger partial charge in [-0.15, -0.1) is 5.11 Å². The van der Waals surface area contributed by atoms with Gasteiger partial charge in [0.1, 0.15) is 11.6 Å². The van der Waals surface area contributed by atoms with E-state index in [-0.39, 0.29) is 0 Å². The third kappa shape index (κ3) is 4.79. The zero-order valence-electron chi connectivity index (χ0n) is 14.2. The number of hydrogen-bond acceptors (Lipinski definition) is 6. The van der Waals surface area contributed by atoms with Gasteiger partial charge in [-0.2, -0.15) is 5.11 Å². The van der Waals surface area contributed by atoms with E-state index in [0.717, 1.165) is 18.7 Å². The number of hydrogen-bond donors (Lipinski definition) is 2. The number of rotatable bonds is 7. The van der Waals surface area contributed by atoms with Crippen LogP contribution in [0.25, 0.3) is 0 Å². The van der Waals surface area contributed by atoms with Crippen LogP contribution >= 0.6 is 0 Å². The largest absolute Gasteiger partial charge is 0.494 e. The lowest BCUT2D eigenvalue weighted by Gasteiger charge is -2.26. The average molecular weight is 329 g/mol. The van der Waals surface area contributed by atoms with E-state index in [4.69, 9.17) is 16.2 Å². The highest BCUT2D eigenvalue weighted by atomic mass is 16.5. The molecule has 1 fully saturated rings. The lowest BCUT2D eigenvalue weighted by Crippen LogP contribution is -2.34. The molecule has 24 heavy (non-hydrogen) atoms. The van der Waals surface area contributed by atoms with Crippen molar-refractivity contribution in [2.45, 2.75) is 44.3 Å². The first-order valence-corrected chi connectivity index (χ1v) is 8.77. The van der Waals surface area contributed by atoms with Crippen LogP contribution in [0, 0.1) is 0 Å². The third-order valence-corrected chi connectivity index (χ3v) is 4.49. The molecule has 130 valence electrons. The Morgan fingerprint density at radius 1 is 1.21 bits per heavy atom. The average Bonchev–Trinajstić information content (AvgIpc) is 2.92. The molecule has 0 radical (unpaired) electrons. The number of nitrogens with zero attached hydrogens (tertiary/aromatic N) is 3. The Bertz CT molecular complexity index is 609. The van der Waals surface area contributed by atoms with Gasteiger partial charge in [-0.25, -0.2) is 0 Å². The molecular formula is C18H27N5O. The van der Waals surface area contributed by atoms with Gasteiger partial charge >= 0.3 is 0 Å².